The average Bonchev–Trinajstić information content (AvgIpc) is 3.05. The first-order chi connectivity index (χ1) is 12.4. The van der Waals surface area contributed by atoms with Crippen molar-refractivity contribution in [3.63, 3.8) is 0 Å². The van der Waals surface area contributed by atoms with Gasteiger partial charge in [0.2, 0.25) is 10.0 Å². The first kappa shape index (κ1) is 18.8. The first-order valence-corrected chi connectivity index (χ1v) is 10.2. The number of benzene rings is 2. The molecule has 2 aromatic carbocycles. The van der Waals surface area contributed by atoms with Crippen LogP contribution in [0, 0.1) is 17.1 Å². The Morgan fingerprint density at radius 1 is 1.12 bits per heavy atom. The van der Waals surface area contributed by atoms with Gasteiger partial charge in [-0.15, -0.1) is 0 Å². The van der Waals surface area contributed by atoms with Gasteiger partial charge in [0.05, 0.1) is 17.0 Å². The van der Waals surface area contributed by atoms with Gasteiger partial charge in [0.25, 0.3) is 0 Å². The molecule has 0 radical (unpaired) electrons. The van der Waals surface area contributed by atoms with Crippen LogP contribution in [0.4, 0.5) is 4.39 Å². The van der Waals surface area contributed by atoms with Crippen LogP contribution in [-0.2, 0) is 10.0 Å². The van der Waals surface area contributed by atoms with E-state index in [0.717, 1.165) is 5.56 Å². The van der Waals surface area contributed by atoms with Crippen molar-refractivity contribution in [2.75, 3.05) is 0 Å². The van der Waals surface area contributed by atoms with Crippen LogP contribution in [0.2, 0.25) is 5.02 Å². The minimum Gasteiger partial charge on any atom is -0.207 e. The third kappa shape index (κ3) is 3.75. The predicted molar refractivity (Wildman–Crippen MR) is 97.5 cm³/mol. The Morgan fingerprint density at radius 3 is 2.38 bits per heavy atom. The Kier molecular flexibility index (Phi) is 5.61. The molecule has 0 spiro atoms. The number of hydrogen-bond acceptors (Lipinski definition) is 3. The first-order valence-electron chi connectivity index (χ1n) is 8.35. The highest BCUT2D eigenvalue weighted by Gasteiger charge is 2.42. The number of halogens is 2. The number of nitriles is 1. The summed E-state index contributed by atoms with van der Waals surface area (Å²) < 4.78 is 41.3. The van der Waals surface area contributed by atoms with Crippen LogP contribution < -0.4 is 0 Å². The minimum atomic E-state index is -3.77. The average molecular weight is 393 g/mol. The number of hydrogen-bond donors (Lipinski definition) is 0. The summed E-state index contributed by atoms with van der Waals surface area (Å²) in [5.74, 6) is -0.361. The summed E-state index contributed by atoms with van der Waals surface area (Å²) in [6, 6.07) is 13.4. The van der Waals surface area contributed by atoms with Crippen LogP contribution in [0.15, 0.2) is 53.4 Å². The molecule has 0 aliphatic carbocycles. The van der Waals surface area contributed by atoms with Crippen molar-refractivity contribution in [1.29, 1.82) is 5.26 Å². The lowest BCUT2D eigenvalue weighted by Crippen LogP contribution is -2.37. The Morgan fingerprint density at radius 2 is 1.77 bits per heavy atom. The van der Waals surface area contributed by atoms with Crippen molar-refractivity contribution >= 4 is 21.6 Å². The lowest BCUT2D eigenvalue weighted by atomic mass is 10.1. The number of sulfonamides is 1. The molecule has 2 aromatic rings. The van der Waals surface area contributed by atoms with Gasteiger partial charge in [0.1, 0.15) is 5.82 Å². The molecule has 1 aliphatic rings. The maximum atomic E-state index is 13.3. The lowest BCUT2D eigenvalue weighted by molar-refractivity contribution is 0.315. The zero-order chi connectivity index (χ0) is 18.7. The zero-order valence-electron chi connectivity index (χ0n) is 14.0. The van der Waals surface area contributed by atoms with E-state index in [1.165, 1.54) is 28.6 Å². The maximum Gasteiger partial charge on any atom is 0.243 e. The third-order valence-electron chi connectivity index (χ3n) is 4.67. The molecule has 0 saturated carbocycles. The van der Waals surface area contributed by atoms with Crippen LogP contribution in [0.5, 0.6) is 0 Å². The molecular formula is C19H18ClFN2O2S. The van der Waals surface area contributed by atoms with Gasteiger partial charge >= 0.3 is 0 Å². The summed E-state index contributed by atoms with van der Waals surface area (Å²) in [7, 11) is -3.77. The van der Waals surface area contributed by atoms with Crippen molar-refractivity contribution in [3.8, 4) is 6.07 Å². The molecule has 1 aliphatic heterocycles. The van der Waals surface area contributed by atoms with Gasteiger partial charge < -0.3 is 0 Å². The Hall–Kier alpha value is -1.94. The van der Waals surface area contributed by atoms with Gasteiger partial charge in [-0.05, 0) is 61.2 Å². The van der Waals surface area contributed by atoms with Crippen molar-refractivity contribution in [1.82, 2.24) is 4.31 Å². The van der Waals surface area contributed by atoms with E-state index in [4.69, 9.17) is 16.9 Å². The zero-order valence-corrected chi connectivity index (χ0v) is 15.5. The van der Waals surface area contributed by atoms with E-state index in [1.807, 2.05) is 0 Å². The fraction of sp³-hybridized carbons (Fsp3) is 0.316. The van der Waals surface area contributed by atoms with Gasteiger partial charge in [0, 0.05) is 17.5 Å². The quantitative estimate of drug-likeness (QED) is 0.742. The van der Waals surface area contributed by atoms with Gasteiger partial charge in [-0.3, -0.25) is 0 Å². The molecule has 2 atom stereocenters. The molecule has 1 saturated heterocycles. The minimum absolute atomic E-state index is 0.165. The summed E-state index contributed by atoms with van der Waals surface area (Å²) in [4.78, 5) is 0.165. The summed E-state index contributed by atoms with van der Waals surface area (Å²) in [5, 5.41) is 9.36. The van der Waals surface area contributed by atoms with Gasteiger partial charge in [-0.1, -0.05) is 23.7 Å². The predicted octanol–water partition coefficient (Wildman–Crippen LogP) is 4.68. The van der Waals surface area contributed by atoms with E-state index in [1.54, 1.807) is 24.3 Å². The third-order valence-corrected chi connectivity index (χ3v) is 6.90. The van der Waals surface area contributed by atoms with Crippen molar-refractivity contribution in [2.24, 2.45) is 0 Å². The van der Waals surface area contributed by atoms with Crippen molar-refractivity contribution in [2.45, 2.75) is 42.7 Å². The normalized spacial score (nSPS) is 20.8. The highest BCUT2D eigenvalue weighted by atomic mass is 35.5. The monoisotopic (exact) mass is 392 g/mol. The highest BCUT2D eigenvalue weighted by molar-refractivity contribution is 7.89. The molecule has 0 amide bonds. The highest BCUT2D eigenvalue weighted by Crippen LogP contribution is 2.42. The summed E-state index contributed by atoms with van der Waals surface area (Å²) >= 11 is 5.88. The van der Waals surface area contributed by atoms with Crippen molar-refractivity contribution in [3.05, 3.63) is 64.9 Å². The maximum absolute atomic E-state index is 13.3. The Bertz CT molecular complexity index is 908. The Balaban J connectivity index is 2.01. The molecule has 136 valence electrons. The second-order valence-electron chi connectivity index (χ2n) is 6.28. The smallest absolute Gasteiger partial charge is 0.207 e. The topological polar surface area (TPSA) is 61.2 Å². The molecule has 4 nitrogen and oxygen atoms in total. The van der Waals surface area contributed by atoms with Gasteiger partial charge in [0.15, 0.2) is 0 Å². The largest absolute Gasteiger partial charge is 0.243 e. The summed E-state index contributed by atoms with van der Waals surface area (Å²) in [5.41, 5.74) is 0.753. The molecular weight excluding hydrogens is 375 g/mol. The molecule has 1 heterocycles. The molecule has 3 rings (SSSR count). The van der Waals surface area contributed by atoms with E-state index >= 15 is 0 Å². The van der Waals surface area contributed by atoms with Crippen LogP contribution in [0.25, 0.3) is 0 Å². The second kappa shape index (κ2) is 7.75. The molecule has 0 N–H and O–H groups in total. The van der Waals surface area contributed by atoms with Crippen LogP contribution in [-0.4, -0.2) is 18.8 Å². The van der Waals surface area contributed by atoms with E-state index in [-0.39, 0.29) is 29.2 Å². The SMILES string of the molecule is N#CCCC1CCC(c2ccc(F)cc2)N1S(=O)(=O)c1ccc(Cl)cc1. The van der Waals surface area contributed by atoms with Crippen molar-refractivity contribution < 1.29 is 12.8 Å². The fourth-order valence-electron chi connectivity index (χ4n) is 3.45. The molecule has 26 heavy (non-hydrogen) atoms. The van der Waals surface area contributed by atoms with Crippen LogP contribution in [0.3, 0.4) is 0 Å². The molecule has 1 fully saturated rings. The van der Waals surface area contributed by atoms with E-state index in [2.05, 4.69) is 6.07 Å². The summed E-state index contributed by atoms with van der Waals surface area (Å²) in [6.07, 6.45) is 2.06. The van der Waals surface area contributed by atoms with Crippen LogP contribution in [0.1, 0.15) is 37.3 Å². The summed E-state index contributed by atoms with van der Waals surface area (Å²) in [6.45, 7) is 0. The number of rotatable bonds is 5. The second-order valence-corrected chi connectivity index (χ2v) is 8.56. The molecule has 2 unspecified atom stereocenters. The lowest BCUT2D eigenvalue weighted by Gasteiger charge is -2.29. The van der Waals surface area contributed by atoms with Gasteiger partial charge in [-0.2, -0.15) is 9.57 Å². The standard InChI is InChI=1S/C19H18ClFN2O2S/c20-15-5-10-18(11-6-15)26(24,25)23-17(2-1-13-22)9-12-19(23)14-3-7-16(21)8-4-14/h3-8,10-11,17,19H,1-2,9,12H2. The van der Waals surface area contributed by atoms with E-state index < -0.39 is 10.0 Å². The van der Waals surface area contributed by atoms with E-state index in [0.29, 0.717) is 24.3 Å². The molecule has 0 aromatic heterocycles. The Labute approximate surface area is 157 Å². The molecule has 7 heteroatoms. The van der Waals surface area contributed by atoms with E-state index in [9.17, 15) is 12.8 Å². The number of nitrogens with zero attached hydrogens (tertiary/aromatic N) is 2. The molecule has 0 bridgehead atoms. The van der Waals surface area contributed by atoms with Gasteiger partial charge in [-0.25, -0.2) is 12.8 Å². The van der Waals surface area contributed by atoms with Crippen LogP contribution >= 0.6 is 11.6 Å². The fourth-order valence-corrected chi connectivity index (χ4v) is 5.47.